The average molecular weight is 442 g/mol. The Bertz CT molecular complexity index is 878. The molecule has 2 rings (SSSR count). The van der Waals surface area contributed by atoms with Crippen LogP contribution in [0, 0.1) is 5.92 Å². The lowest BCUT2D eigenvalue weighted by atomic mass is 10.0. The molecule has 1 amide bonds. The van der Waals surface area contributed by atoms with Crippen LogP contribution in [0.2, 0.25) is 0 Å². The first kappa shape index (κ1) is 25.2. The van der Waals surface area contributed by atoms with E-state index in [1.165, 1.54) is 44.9 Å². The number of ether oxygens (including phenoxy) is 2. The molecule has 0 saturated carbocycles. The Labute approximate surface area is 190 Å². The topological polar surface area (TPSA) is 84.9 Å². The van der Waals surface area contributed by atoms with Gasteiger partial charge in [-0.05, 0) is 42.2 Å². The Kier molecular flexibility index (Phi) is 10.6. The van der Waals surface area contributed by atoms with E-state index in [9.17, 15) is 14.7 Å². The lowest BCUT2D eigenvalue weighted by molar-refractivity contribution is -0.121. The number of esters is 1. The second kappa shape index (κ2) is 13.4. The van der Waals surface area contributed by atoms with Crippen LogP contribution < -0.4 is 14.8 Å². The molecule has 0 heterocycles. The van der Waals surface area contributed by atoms with Crippen LogP contribution in [-0.2, 0) is 11.3 Å². The largest absolute Gasteiger partial charge is 0.507 e. The highest BCUT2D eigenvalue weighted by molar-refractivity contribution is 5.94. The van der Waals surface area contributed by atoms with Crippen molar-refractivity contribution in [2.45, 2.75) is 65.3 Å². The van der Waals surface area contributed by atoms with Crippen molar-refractivity contribution in [3.63, 3.8) is 0 Å². The molecular weight excluding hydrogens is 406 g/mol. The number of hydrogen-bond acceptors (Lipinski definition) is 5. The second-order valence-electron chi connectivity index (χ2n) is 8.37. The number of aromatic hydroxyl groups is 1. The SMILES string of the molecule is COc1cc(CNC(=O)CCCCCCCC(C)C)ccc1OC(=O)c1ccccc1O. The summed E-state index contributed by atoms with van der Waals surface area (Å²) in [6.45, 7) is 4.87. The van der Waals surface area contributed by atoms with E-state index in [1.54, 1.807) is 30.3 Å². The van der Waals surface area contributed by atoms with Gasteiger partial charge in [-0.1, -0.05) is 64.2 Å². The molecule has 0 aromatic heterocycles. The van der Waals surface area contributed by atoms with Crippen molar-refractivity contribution in [1.29, 1.82) is 0 Å². The van der Waals surface area contributed by atoms with Crippen LogP contribution in [0.1, 0.15) is 74.7 Å². The molecule has 0 bridgehead atoms. The molecule has 0 spiro atoms. The molecular formula is C26H35NO5. The quantitative estimate of drug-likeness (QED) is 0.239. The zero-order chi connectivity index (χ0) is 23.3. The highest BCUT2D eigenvalue weighted by Crippen LogP contribution is 2.29. The molecule has 6 heteroatoms. The molecule has 0 aliphatic heterocycles. The van der Waals surface area contributed by atoms with E-state index in [1.807, 2.05) is 0 Å². The normalized spacial score (nSPS) is 10.8. The Morgan fingerprint density at radius 2 is 1.69 bits per heavy atom. The first-order chi connectivity index (χ1) is 15.4. The van der Waals surface area contributed by atoms with Crippen molar-refractivity contribution >= 4 is 11.9 Å². The van der Waals surface area contributed by atoms with E-state index < -0.39 is 5.97 Å². The predicted octanol–water partition coefficient (Wildman–Crippen LogP) is 5.62. The van der Waals surface area contributed by atoms with Crippen LogP contribution in [0.5, 0.6) is 17.2 Å². The van der Waals surface area contributed by atoms with Crippen LogP contribution >= 0.6 is 0 Å². The predicted molar refractivity (Wildman–Crippen MR) is 125 cm³/mol. The molecule has 32 heavy (non-hydrogen) atoms. The monoisotopic (exact) mass is 441 g/mol. The van der Waals surface area contributed by atoms with Gasteiger partial charge in [-0.3, -0.25) is 4.79 Å². The Morgan fingerprint density at radius 1 is 0.969 bits per heavy atom. The highest BCUT2D eigenvalue weighted by Gasteiger charge is 2.16. The Balaban J connectivity index is 1.78. The number of para-hydroxylation sites is 1. The first-order valence-electron chi connectivity index (χ1n) is 11.3. The number of methoxy groups -OCH3 is 1. The van der Waals surface area contributed by atoms with E-state index in [0.29, 0.717) is 18.7 Å². The summed E-state index contributed by atoms with van der Waals surface area (Å²) in [6, 6.07) is 11.3. The Hall–Kier alpha value is -3.02. The lowest BCUT2D eigenvalue weighted by Gasteiger charge is -2.12. The Morgan fingerprint density at radius 3 is 2.41 bits per heavy atom. The molecule has 0 aliphatic carbocycles. The van der Waals surface area contributed by atoms with Crippen molar-refractivity contribution in [1.82, 2.24) is 5.32 Å². The summed E-state index contributed by atoms with van der Waals surface area (Å²) in [5.41, 5.74) is 0.914. The molecule has 0 unspecified atom stereocenters. The molecule has 0 radical (unpaired) electrons. The van der Waals surface area contributed by atoms with E-state index in [4.69, 9.17) is 9.47 Å². The van der Waals surface area contributed by atoms with Gasteiger partial charge in [0.1, 0.15) is 11.3 Å². The third kappa shape index (κ3) is 8.61. The van der Waals surface area contributed by atoms with Gasteiger partial charge in [-0.2, -0.15) is 0 Å². The summed E-state index contributed by atoms with van der Waals surface area (Å²) in [6.07, 6.45) is 7.46. The molecule has 0 fully saturated rings. The number of carbonyl (C=O) groups is 2. The average Bonchev–Trinajstić information content (AvgIpc) is 2.77. The number of phenolic OH excluding ortho intramolecular Hbond substituents is 1. The summed E-state index contributed by atoms with van der Waals surface area (Å²) >= 11 is 0. The van der Waals surface area contributed by atoms with Crippen LogP contribution in [-0.4, -0.2) is 24.1 Å². The maximum Gasteiger partial charge on any atom is 0.347 e. The molecule has 0 aliphatic rings. The number of amides is 1. The zero-order valence-corrected chi connectivity index (χ0v) is 19.4. The van der Waals surface area contributed by atoms with Gasteiger partial charge in [0.25, 0.3) is 0 Å². The summed E-state index contributed by atoms with van der Waals surface area (Å²) in [7, 11) is 1.48. The molecule has 2 aromatic carbocycles. The van der Waals surface area contributed by atoms with Crippen molar-refractivity contribution < 1.29 is 24.2 Å². The van der Waals surface area contributed by atoms with E-state index >= 15 is 0 Å². The van der Waals surface area contributed by atoms with Crippen molar-refractivity contribution in [3.05, 3.63) is 53.6 Å². The lowest BCUT2D eigenvalue weighted by Crippen LogP contribution is -2.22. The van der Waals surface area contributed by atoms with Gasteiger partial charge in [0.15, 0.2) is 11.5 Å². The molecule has 6 nitrogen and oxygen atoms in total. The van der Waals surface area contributed by atoms with E-state index in [2.05, 4.69) is 19.2 Å². The number of phenols is 1. The minimum atomic E-state index is -0.674. The number of rotatable bonds is 13. The smallest absolute Gasteiger partial charge is 0.347 e. The maximum absolute atomic E-state index is 12.3. The summed E-state index contributed by atoms with van der Waals surface area (Å²) in [5, 5.41) is 12.7. The molecule has 0 saturated heterocycles. The van der Waals surface area contributed by atoms with Gasteiger partial charge in [0.05, 0.1) is 7.11 Å². The van der Waals surface area contributed by atoms with Gasteiger partial charge < -0.3 is 19.9 Å². The van der Waals surface area contributed by atoms with E-state index in [-0.39, 0.29) is 23.0 Å². The second-order valence-corrected chi connectivity index (χ2v) is 8.37. The number of unbranched alkanes of at least 4 members (excludes halogenated alkanes) is 4. The van der Waals surface area contributed by atoms with Gasteiger partial charge >= 0.3 is 5.97 Å². The highest BCUT2D eigenvalue weighted by atomic mass is 16.6. The fourth-order valence-corrected chi connectivity index (χ4v) is 3.36. The number of carbonyl (C=O) groups excluding carboxylic acids is 2. The van der Waals surface area contributed by atoms with Crippen molar-refractivity contribution in [2.24, 2.45) is 5.92 Å². The first-order valence-corrected chi connectivity index (χ1v) is 11.3. The number of benzene rings is 2. The zero-order valence-electron chi connectivity index (χ0n) is 19.4. The third-order valence-corrected chi connectivity index (χ3v) is 5.23. The molecule has 0 atom stereocenters. The summed E-state index contributed by atoms with van der Waals surface area (Å²) in [5.74, 6) is 0.590. The van der Waals surface area contributed by atoms with Gasteiger partial charge in [0, 0.05) is 13.0 Å². The van der Waals surface area contributed by atoms with E-state index in [0.717, 1.165) is 24.3 Å². The fourth-order valence-electron chi connectivity index (χ4n) is 3.36. The van der Waals surface area contributed by atoms with Crippen LogP contribution in [0.4, 0.5) is 0 Å². The number of hydrogen-bond donors (Lipinski definition) is 2. The fraction of sp³-hybridized carbons (Fsp3) is 0.462. The summed E-state index contributed by atoms with van der Waals surface area (Å²) < 4.78 is 10.7. The van der Waals surface area contributed by atoms with Crippen molar-refractivity contribution in [2.75, 3.05) is 7.11 Å². The van der Waals surface area contributed by atoms with Crippen molar-refractivity contribution in [3.8, 4) is 17.2 Å². The van der Waals surface area contributed by atoms with Gasteiger partial charge in [-0.25, -0.2) is 4.79 Å². The minimum absolute atomic E-state index is 0.0289. The summed E-state index contributed by atoms with van der Waals surface area (Å²) in [4.78, 5) is 24.4. The maximum atomic E-state index is 12.3. The number of nitrogens with one attached hydrogen (secondary N) is 1. The van der Waals surface area contributed by atoms with Crippen LogP contribution in [0.3, 0.4) is 0 Å². The third-order valence-electron chi connectivity index (χ3n) is 5.23. The standard InChI is InChI=1S/C26H35NO5/c1-19(2)11-7-5-4-6-8-14-25(29)27-18-20-15-16-23(24(17-20)31-3)32-26(30)21-12-9-10-13-22(21)28/h9-10,12-13,15-17,19,28H,4-8,11,14,18H2,1-3H3,(H,27,29). The van der Waals surface area contributed by atoms with Gasteiger partial charge in [0.2, 0.25) is 5.91 Å². The minimum Gasteiger partial charge on any atom is -0.507 e. The molecule has 174 valence electrons. The molecule has 2 aromatic rings. The van der Waals surface area contributed by atoms with Gasteiger partial charge in [-0.15, -0.1) is 0 Å². The van der Waals surface area contributed by atoms with Crippen LogP contribution in [0.25, 0.3) is 0 Å². The molecule has 2 N–H and O–H groups in total. The van der Waals surface area contributed by atoms with Crippen LogP contribution in [0.15, 0.2) is 42.5 Å².